The van der Waals surface area contributed by atoms with Gasteiger partial charge in [0, 0.05) is 6.54 Å². The molecule has 0 aliphatic rings. The highest BCUT2D eigenvalue weighted by Gasteiger charge is 2.00. The van der Waals surface area contributed by atoms with E-state index in [1.165, 1.54) is 25.7 Å². The van der Waals surface area contributed by atoms with Gasteiger partial charge in [0.25, 0.3) is 0 Å². The standard InChI is InChI=1S/C11H22N4/c1-10-13-11(2)15(14-10)9-7-5-4-6-8-12-3/h12H,4-9H2,1-3H3. The Kier molecular flexibility index (Phi) is 5.32. The van der Waals surface area contributed by atoms with Crippen LogP contribution in [-0.4, -0.2) is 28.4 Å². The molecule has 1 aromatic rings. The van der Waals surface area contributed by atoms with Gasteiger partial charge >= 0.3 is 0 Å². The fraction of sp³-hybridized carbons (Fsp3) is 0.818. The molecule has 86 valence electrons. The number of nitrogens with zero attached hydrogens (tertiary/aromatic N) is 3. The second-order valence-electron chi connectivity index (χ2n) is 3.95. The van der Waals surface area contributed by atoms with Crippen molar-refractivity contribution in [2.45, 2.75) is 46.1 Å². The van der Waals surface area contributed by atoms with Crippen LogP contribution in [0, 0.1) is 13.8 Å². The summed E-state index contributed by atoms with van der Waals surface area (Å²) < 4.78 is 2.01. The molecule has 0 unspecified atom stereocenters. The summed E-state index contributed by atoms with van der Waals surface area (Å²) in [6.45, 7) is 6.09. The summed E-state index contributed by atoms with van der Waals surface area (Å²) in [5.41, 5.74) is 0. The maximum absolute atomic E-state index is 4.34. The Labute approximate surface area is 92.1 Å². The normalized spacial score (nSPS) is 10.9. The van der Waals surface area contributed by atoms with Gasteiger partial charge in [0.1, 0.15) is 11.6 Å². The van der Waals surface area contributed by atoms with Crippen LogP contribution < -0.4 is 5.32 Å². The van der Waals surface area contributed by atoms with Gasteiger partial charge in [-0.2, -0.15) is 5.10 Å². The summed E-state index contributed by atoms with van der Waals surface area (Å²) in [4.78, 5) is 4.28. The van der Waals surface area contributed by atoms with E-state index in [0.717, 1.165) is 24.7 Å². The van der Waals surface area contributed by atoms with E-state index in [0.29, 0.717) is 0 Å². The molecule has 4 heteroatoms. The molecule has 1 rings (SSSR count). The van der Waals surface area contributed by atoms with Gasteiger partial charge in [0.05, 0.1) is 0 Å². The lowest BCUT2D eigenvalue weighted by Crippen LogP contribution is -2.07. The van der Waals surface area contributed by atoms with Crippen molar-refractivity contribution in [2.75, 3.05) is 13.6 Å². The Morgan fingerprint density at radius 1 is 1.13 bits per heavy atom. The molecule has 0 aliphatic carbocycles. The number of aryl methyl sites for hydroxylation is 3. The van der Waals surface area contributed by atoms with Crippen LogP contribution in [0.5, 0.6) is 0 Å². The third-order valence-corrected chi connectivity index (χ3v) is 2.51. The topological polar surface area (TPSA) is 42.7 Å². The van der Waals surface area contributed by atoms with Crippen LogP contribution in [-0.2, 0) is 6.54 Å². The van der Waals surface area contributed by atoms with Crippen molar-refractivity contribution in [2.24, 2.45) is 0 Å². The van der Waals surface area contributed by atoms with Gasteiger partial charge in [-0.25, -0.2) is 4.98 Å². The summed E-state index contributed by atoms with van der Waals surface area (Å²) >= 11 is 0. The number of hydrogen-bond acceptors (Lipinski definition) is 3. The second kappa shape index (κ2) is 6.56. The van der Waals surface area contributed by atoms with Crippen LogP contribution in [0.1, 0.15) is 37.3 Å². The molecule has 0 atom stereocenters. The molecule has 0 fully saturated rings. The molecule has 1 heterocycles. The minimum absolute atomic E-state index is 0.877. The van der Waals surface area contributed by atoms with Gasteiger partial charge in [-0.3, -0.25) is 4.68 Å². The van der Waals surface area contributed by atoms with Crippen molar-refractivity contribution in [3.63, 3.8) is 0 Å². The lowest BCUT2D eigenvalue weighted by atomic mass is 10.2. The van der Waals surface area contributed by atoms with E-state index in [9.17, 15) is 0 Å². The molecule has 1 N–H and O–H groups in total. The Morgan fingerprint density at radius 3 is 2.47 bits per heavy atom. The Hall–Kier alpha value is -0.900. The lowest BCUT2D eigenvalue weighted by molar-refractivity contribution is 0.519. The van der Waals surface area contributed by atoms with Crippen LogP contribution >= 0.6 is 0 Å². The van der Waals surface area contributed by atoms with E-state index in [1.54, 1.807) is 0 Å². The molecule has 0 aromatic carbocycles. The molecule has 0 radical (unpaired) electrons. The van der Waals surface area contributed by atoms with Crippen molar-refractivity contribution < 1.29 is 0 Å². The molecule has 0 spiro atoms. The number of aromatic nitrogens is 3. The molecule has 15 heavy (non-hydrogen) atoms. The van der Waals surface area contributed by atoms with Crippen molar-refractivity contribution in [3.05, 3.63) is 11.6 Å². The predicted octanol–water partition coefficient (Wildman–Crippen LogP) is 1.67. The van der Waals surface area contributed by atoms with E-state index in [-0.39, 0.29) is 0 Å². The van der Waals surface area contributed by atoms with Crippen molar-refractivity contribution in [3.8, 4) is 0 Å². The van der Waals surface area contributed by atoms with E-state index >= 15 is 0 Å². The van der Waals surface area contributed by atoms with E-state index in [1.807, 2.05) is 25.6 Å². The van der Waals surface area contributed by atoms with Crippen LogP contribution in [0.25, 0.3) is 0 Å². The SMILES string of the molecule is CNCCCCCCn1nc(C)nc1C. The monoisotopic (exact) mass is 210 g/mol. The smallest absolute Gasteiger partial charge is 0.147 e. The molecular weight excluding hydrogens is 188 g/mol. The number of hydrogen-bond donors (Lipinski definition) is 1. The third-order valence-electron chi connectivity index (χ3n) is 2.51. The predicted molar refractivity (Wildman–Crippen MR) is 61.9 cm³/mol. The maximum atomic E-state index is 4.34. The van der Waals surface area contributed by atoms with Crippen LogP contribution in [0.2, 0.25) is 0 Å². The van der Waals surface area contributed by atoms with Gasteiger partial charge in [0.15, 0.2) is 0 Å². The molecule has 0 saturated carbocycles. The van der Waals surface area contributed by atoms with E-state index in [2.05, 4.69) is 15.4 Å². The van der Waals surface area contributed by atoms with Crippen LogP contribution in [0.15, 0.2) is 0 Å². The van der Waals surface area contributed by atoms with Crippen LogP contribution in [0.3, 0.4) is 0 Å². The second-order valence-corrected chi connectivity index (χ2v) is 3.95. The van der Waals surface area contributed by atoms with E-state index < -0.39 is 0 Å². The zero-order valence-electron chi connectivity index (χ0n) is 10.1. The molecule has 0 amide bonds. The fourth-order valence-electron chi connectivity index (χ4n) is 1.69. The quantitative estimate of drug-likeness (QED) is 0.696. The molecule has 0 bridgehead atoms. The van der Waals surface area contributed by atoms with Gasteiger partial charge < -0.3 is 5.32 Å². The Morgan fingerprint density at radius 2 is 1.87 bits per heavy atom. The Bertz CT molecular complexity index is 280. The first kappa shape index (κ1) is 12.2. The van der Waals surface area contributed by atoms with Crippen molar-refractivity contribution in [1.82, 2.24) is 20.1 Å². The molecule has 1 aromatic heterocycles. The molecular formula is C11H22N4. The molecule has 0 aliphatic heterocycles. The van der Waals surface area contributed by atoms with Crippen LogP contribution in [0.4, 0.5) is 0 Å². The fourth-order valence-corrected chi connectivity index (χ4v) is 1.69. The maximum Gasteiger partial charge on any atom is 0.147 e. The highest BCUT2D eigenvalue weighted by Crippen LogP contribution is 2.03. The average molecular weight is 210 g/mol. The summed E-state index contributed by atoms with van der Waals surface area (Å²) in [6, 6.07) is 0. The number of nitrogens with one attached hydrogen (secondary N) is 1. The summed E-state index contributed by atoms with van der Waals surface area (Å²) in [7, 11) is 2.00. The molecule has 0 saturated heterocycles. The largest absolute Gasteiger partial charge is 0.320 e. The number of rotatable bonds is 7. The van der Waals surface area contributed by atoms with Gasteiger partial charge in [0.2, 0.25) is 0 Å². The molecule has 4 nitrogen and oxygen atoms in total. The first-order valence-electron chi connectivity index (χ1n) is 5.76. The van der Waals surface area contributed by atoms with Gasteiger partial charge in [-0.15, -0.1) is 0 Å². The highest BCUT2D eigenvalue weighted by molar-refractivity contribution is 4.87. The van der Waals surface area contributed by atoms with Gasteiger partial charge in [-0.05, 0) is 40.3 Å². The zero-order chi connectivity index (χ0) is 11.1. The first-order valence-corrected chi connectivity index (χ1v) is 5.76. The van der Waals surface area contributed by atoms with Crippen molar-refractivity contribution in [1.29, 1.82) is 0 Å². The van der Waals surface area contributed by atoms with Crippen molar-refractivity contribution >= 4 is 0 Å². The summed E-state index contributed by atoms with van der Waals surface area (Å²) in [6.07, 6.45) is 5.05. The first-order chi connectivity index (χ1) is 7.24. The third kappa shape index (κ3) is 4.42. The minimum Gasteiger partial charge on any atom is -0.320 e. The summed E-state index contributed by atoms with van der Waals surface area (Å²) in [5.74, 6) is 1.91. The van der Waals surface area contributed by atoms with Gasteiger partial charge in [-0.1, -0.05) is 12.8 Å². The minimum atomic E-state index is 0.877. The zero-order valence-corrected chi connectivity index (χ0v) is 10.1. The highest BCUT2D eigenvalue weighted by atomic mass is 15.3. The summed E-state index contributed by atoms with van der Waals surface area (Å²) in [5, 5.41) is 7.50. The Balaban J connectivity index is 2.12. The lowest BCUT2D eigenvalue weighted by Gasteiger charge is -2.03. The number of unbranched alkanes of at least 4 members (excludes halogenated alkanes) is 3. The average Bonchev–Trinajstić information content (AvgIpc) is 2.51. The van der Waals surface area contributed by atoms with E-state index in [4.69, 9.17) is 0 Å².